The quantitative estimate of drug-likeness (QED) is 0.517. The van der Waals surface area contributed by atoms with Gasteiger partial charge in [-0.25, -0.2) is 9.97 Å². The Morgan fingerprint density at radius 2 is 1.90 bits per heavy atom. The van der Waals surface area contributed by atoms with E-state index in [2.05, 4.69) is 9.97 Å². The summed E-state index contributed by atoms with van der Waals surface area (Å²) in [6.45, 7) is 2.61. The van der Waals surface area contributed by atoms with E-state index in [1.54, 1.807) is 18.0 Å². The lowest BCUT2D eigenvalue weighted by atomic mass is 10.0. The van der Waals surface area contributed by atoms with Crippen LogP contribution in [-0.4, -0.2) is 29.5 Å². The highest BCUT2D eigenvalue weighted by Crippen LogP contribution is 2.38. The van der Waals surface area contributed by atoms with Gasteiger partial charge in [-0.1, -0.05) is 29.8 Å². The zero-order chi connectivity index (χ0) is 20.5. The average Bonchev–Trinajstić information content (AvgIpc) is 2.81. The number of halogens is 1. The van der Waals surface area contributed by atoms with Crippen LogP contribution in [0.4, 0.5) is 23.0 Å². The molecular formula is C22H22ClN5O. The predicted octanol–water partition coefficient (Wildman–Crippen LogP) is 4.25. The molecule has 0 radical (unpaired) electrons. The van der Waals surface area contributed by atoms with Gasteiger partial charge in [0.1, 0.15) is 11.0 Å². The third-order valence-corrected chi connectivity index (χ3v) is 5.42. The highest BCUT2D eigenvalue weighted by Gasteiger charge is 2.30. The molecule has 0 atom stereocenters. The standard InChI is InChI=1S/C22H22ClN5O/c1-3-28-20-16(22(29)27(2)18-10-11-19(23)26-21(18)28)12-14(13-25-20)8-9-15-6-4-5-7-17(15)24/h4-7,10-13H,3,8-9,24H2,1-2H3. The second-order valence-corrected chi connectivity index (χ2v) is 7.39. The van der Waals surface area contributed by atoms with Gasteiger partial charge in [0.05, 0.1) is 11.3 Å². The maximum Gasteiger partial charge on any atom is 0.261 e. The number of hydrogen-bond donors (Lipinski definition) is 1. The maximum atomic E-state index is 13.2. The molecular weight excluding hydrogens is 386 g/mol. The summed E-state index contributed by atoms with van der Waals surface area (Å²) in [6, 6.07) is 13.3. The number of benzene rings is 1. The number of hydrogen-bond acceptors (Lipinski definition) is 5. The molecule has 3 heterocycles. The van der Waals surface area contributed by atoms with Crippen LogP contribution in [0.2, 0.25) is 5.15 Å². The topological polar surface area (TPSA) is 75.4 Å². The highest BCUT2D eigenvalue weighted by atomic mass is 35.5. The minimum atomic E-state index is -0.116. The number of pyridine rings is 2. The Hall–Kier alpha value is -3.12. The van der Waals surface area contributed by atoms with Crippen molar-refractivity contribution in [2.45, 2.75) is 19.8 Å². The van der Waals surface area contributed by atoms with Gasteiger partial charge >= 0.3 is 0 Å². The van der Waals surface area contributed by atoms with Crippen molar-refractivity contribution in [3.63, 3.8) is 0 Å². The maximum absolute atomic E-state index is 13.2. The van der Waals surface area contributed by atoms with Gasteiger partial charge in [-0.3, -0.25) is 4.79 Å². The van der Waals surface area contributed by atoms with Crippen molar-refractivity contribution >= 4 is 40.5 Å². The molecule has 3 aromatic rings. The van der Waals surface area contributed by atoms with E-state index in [-0.39, 0.29) is 5.91 Å². The van der Waals surface area contributed by atoms with Crippen molar-refractivity contribution < 1.29 is 4.79 Å². The molecule has 1 aliphatic heterocycles. The number of fused-ring (bicyclic) bond motifs is 2. The molecule has 6 nitrogen and oxygen atoms in total. The lowest BCUT2D eigenvalue weighted by Crippen LogP contribution is -2.25. The summed E-state index contributed by atoms with van der Waals surface area (Å²) < 4.78 is 0. The Morgan fingerprint density at radius 1 is 1.10 bits per heavy atom. The van der Waals surface area contributed by atoms with Gasteiger partial charge in [0.2, 0.25) is 0 Å². The summed E-state index contributed by atoms with van der Waals surface area (Å²) in [6.07, 6.45) is 3.35. The summed E-state index contributed by atoms with van der Waals surface area (Å²) in [7, 11) is 1.75. The molecule has 0 fully saturated rings. The Bertz CT molecular complexity index is 1080. The van der Waals surface area contributed by atoms with Crippen molar-refractivity contribution in [2.75, 3.05) is 29.1 Å². The SMILES string of the molecule is CCN1c2ncc(CCc3ccccc3N)cc2C(=O)N(C)c2ccc(Cl)nc21. The van der Waals surface area contributed by atoms with Crippen LogP contribution < -0.4 is 15.5 Å². The van der Waals surface area contributed by atoms with E-state index in [1.165, 1.54) is 0 Å². The zero-order valence-corrected chi connectivity index (χ0v) is 17.1. The molecule has 4 rings (SSSR count). The van der Waals surface area contributed by atoms with Crippen molar-refractivity contribution in [1.29, 1.82) is 0 Å². The summed E-state index contributed by atoms with van der Waals surface area (Å²) >= 11 is 6.13. The Balaban J connectivity index is 1.72. The van der Waals surface area contributed by atoms with Crippen LogP contribution in [0, 0.1) is 0 Å². The Labute approximate surface area is 174 Å². The highest BCUT2D eigenvalue weighted by molar-refractivity contribution is 6.29. The first kappa shape index (κ1) is 19.2. The van der Waals surface area contributed by atoms with Gasteiger partial charge in [-0.15, -0.1) is 0 Å². The van der Waals surface area contributed by atoms with Crippen LogP contribution in [0.3, 0.4) is 0 Å². The van der Waals surface area contributed by atoms with Gasteiger partial charge in [0, 0.05) is 25.5 Å². The fraction of sp³-hybridized carbons (Fsp3) is 0.227. The van der Waals surface area contributed by atoms with Crippen LogP contribution in [-0.2, 0) is 12.8 Å². The van der Waals surface area contributed by atoms with E-state index < -0.39 is 0 Å². The lowest BCUT2D eigenvalue weighted by molar-refractivity contribution is 0.0994. The zero-order valence-electron chi connectivity index (χ0n) is 16.4. The number of aromatic nitrogens is 2. The molecule has 0 spiro atoms. The first-order valence-electron chi connectivity index (χ1n) is 9.54. The molecule has 0 unspecified atom stereocenters. The van der Waals surface area contributed by atoms with Crippen molar-refractivity contribution in [3.05, 3.63) is 70.5 Å². The molecule has 0 bridgehead atoms. The molecule has 29 heavy (non-hydrogen) atoms. The number of carbonyl (C=O) groups is 1. The van der Waals surface area contributed by atoms with E-state index in [1.807, 2.05) is 54.4 Å². The molecule has 0 aliphatic carbocycles. The van der Waals surface area contributed by atoms with Crippen LogP contribution in [0.1, 0.15) is 28.4 Å². The van der Waals surface area contributed by atoms with E-state index in [4.69, 9.17) is 17.3 Å². The molecule has 2 aromatic heterocycles. The molecule has 7 heteroatoms. The second kappa shape index (κ2) is 7.72. The molecule has 1 aromatic carbocycles. The number of amides is 1. The number of nitrogen functional groups attached to an aromatic ring is 1. The first-order valence-corrected chi connectivity index (χ1v) is 9.91. The number of rotatable bonds is 4. The molecule has 1 amide bonds. The fourth-order valence-electron chi connectivity index (χ4n) is 3.62. The van der Waals surface area contributed by atoms with Crippen molar-refractivity contribution in [3.8, 4) is 0 Å². The van der Waals surface area contributed by atoms with Gasteiger partial charge in [0.25, 0.3) is 5.91 Å². The molecule has 2 N–H and O–H groups in total. The normalized spacial score (nSPS) is 13.1. The van der Waals surface area contributed by atoms with Gasteiger partial charge < -0.3 is 15.5 Å². The fourth-order valence-corrected chi connectivity index (χ4v) is 3.76. The van der Waals surface area contributed by atoms with E-state index in [0.717, 1.165) is 29.7 Å². The predicted molar refractivity (Wildman–Crippen MR) is 117 cm³/mol. The number of para-hydroxylation sites is 1. The van der Waals surface area contributed by atoms with E-state index >= 15 is 0 Å². The smallest absolute Gasteiger partial charge is 0.261 e. The van der Waals surface area contributed by atoms with Gasteiger partial charge in [-0.05, 0) is 55.2 Å². The van der Waals surface area contributed by atoms with Crippen LogP contribution in [0.15, 0.2) is 48.7 Å². The minimum Gasteiger partial charge on any atom is -0.399 e. The molecule has 148 valence electrons. The third kappa shape index (κ3) is 3.51. The van der Waals surface area contributed by atoms with Crippen LogP contribution in [0.25, 0.3) is 0 Å². The minimum absolute atomic E-state index is 0.116. The van der Waals surface area contributed by atoms with E-state index in [9.17, 15) is 4.79 Å². The van der Waals surface area contributed by atoms with Crippen molar-refractivity contribution in [2.24, 2.45) is 0 Å². The Morgan fingerprint density at radius 3 is 2.66 bits per heavy atom. The molecule has 1 aliphatic rings. The lowest BCUT2D eigenvalue weighted by Gasteiger charge is -2.23. The van der Waals surface area contributed by atoms with Gasteiger partial charge in [-0.2, -0.15) is 0 Å². The van der Waals surface area contributed by atoms with E-state index in [0.29, 0.717) is 34.6 Å². The van der Waals surface area contributed by atoms with Crippen LogP contribution >= 0.6 is 11.6 Å². The first-order chi connectivity index (χ1) is 14.0. The number of nitrogens with two attached hydrogens (primary N) is 1. The third-order valence-electron chi connectivity index (χ3n) is 5.21. The molecule has 0 saturated carbocycles. The van der Waals surface area contributed by atoms with Crippen LogP contribution in [0.5, 0.6) is 0 Å². The summed E-state index contributed by atoms with van der Waals surface area (Å²) in [5, 5.41) is 0.378. The summed E-state index contributed by atoms with van der Waals surface area (Å²) in [5.41, 5.74) is 10.2. The summed E-state index contributed by atoms with van der Waals surface area (Å²) in [5.74, 6) is 1.11. The monoisotopic (exact) mass is 407 g/mol. The van der Waals surface area contributed by atoms with Crippen molar-refractivity contribution in [1.82, 2.24) is 9.97 Å². The largest absolute Gasteiger partial charge is 0.399 e. The number of aryl methyl sites for hydroxylation is 2. The number of carbonyl (C=O) groups excluding carboxylic acids is 1. The number of anilines is 4. The van der Waals surface area contributed by atoms with Gasteiger partial charge in [0.15, 0.2) is 5.82 Å². The molecule has 0 saturated heterocycles. The summed E-state index contributed by atoms with van der Waals surface area (Å²) in [4.78, 5) is 25.8. The second-order valence-electron chi connectivity index (χ2n) is 7.00. The number of nitrogens with zero attached hydrogens (tertiary/aromatic N) is 4. The Kier molecular flexibility index (Phi) is 5.11. The average molecular weight is 408 g/mol.